The number of anilines is 2. The van der Waals surface area contributed by atoms with E-state index in [0.29, 0.717) is 24.9 Å². The van der Waals surface area contributed by atoms with E-state index < -0.39 is 0 Å². The average Bonchev–Trinajstić information content (AvgIpc) is 3.41. The van der Waals surface area contributed by atoms with Gasteiger partial charge >= 0.3 is 0 Å². The fourth-order valence-electron chi connectivity index (χ4n) is 4.23. The number of fused-ring (bicyclic) bond motifs is 1. The minimum Gasteiger partial charge on any atom is -0.326 e. The lowest BCUT2D eigenvalue weighted by molar-refractivity contribution is -0.117. The van der Waals surface area contributed by atoms with Crippen LogP contribution in [0.1, 0.15) is 25.1 Å². The minimum absolute atomic E-state index is 0.0819. The molecule has 32 heavy (non-hydrogen) atoms. The number of carbonyl (C=O) groups excluding carboxylic acids is 2. The van der Waals surface area contributed by atoms with Crippen LogP contribution in [0.4, 0.5) is 11.4 Å². The molecule has 0 bridgehead atoms. The van der Waals surface area contributed by atoms with E-state index in [1.807, 2.05) is 78.9 Å². The van der Waals surface area contributed by atoms with Gasteiger partial charge in [0, 0.05) is 42.9 Å². The molecule has 0 spiro atoms. The van der Waals surface area contributed by atoms with Gasteiger partial charge in [-0.25, -0.2) is 4.98 Å². The summed E-state index contributed by atoms with van der Waals surface area (Å²) < 4.78 is 2.11. The van der Waals surface area contributed by atoms with Crippen molar-refractivity contribution in [3.05, 3.63) is 84.7 Å². The average molecular weight is 425 g/mol. The van der Waals surface area contributed by atoms with E-state index in [9.17, 15) is 9.59 Å². The Hall–Kier alpha value is -3.93. The maximum absolute atomic E-state index is 12.7. The standard InChI is InChI=1S/C26H24N4O2/c31-25(27-19-8-6-11-21(18-19)29-17-7-14-26(29)32)16-15-24-28-22-12-4-5-13-23(22)30(24)20-9-2-1-3-10-20/h1-6,8-13,18H,7,14-17H2,(H,27,31). The summed E-state index contributed by atoms with van der Waals surface area (Å²) in [6.45, 7) is 0.728. The van der Waals surface area contributed by atoms with E-state index in [0.717, 1.165) is 41.2 Å². The number of hydrogen-bond donors (Lipinski definition) is 1. The number of hydrogen-bond acceptors (Lipinski definition) is 3. The molecule has 0 aliphatic carbocycles. The predicted octanol–water partition coefficient (Wildman–Crippen LogP) is 4.72. The Labute approximate surface area is 186 Å². The van der Waals surface area contributed by atoms with Gasteiger partial charge in [0.2, 0.25) is 11.8 Å². The van der Waals surface area contributed by atoms with E-state index in [-0.39, 0.29) is 11.8 Å². The molecule has 1 aromatic heterocycles. The molecule has 6 nitrogen and oxygen atoms in total. The molecule has 1 aliphatic rings. The molecular formula is C26H24N4O2. The van der Waals surface area contributed by atoms with Crippen LogP contribution in [-0.2, 0) is 16.0 Å². The number of nitrogens with one attached hydrogen (secondary N) is 1. The largest absolute Gasteiger partial charge is 0.326 e. The van der Waals surface area contributed by atoms with E-state index in [1.54, 1.807) is 4.90 Å². The van der Waals surface area contributed by atoms with Crippen LogP contribution in [0.2, 0.25) is 0 Å². The van der Waals surface area contributed by atoms with Crippen molar-refractivity contribution in [2.75, 3.05) is 16.8 Å². The van der Waals surface area contributed by atoms with Gasteiger partial charge in [0.25, 0.3) is 0 Å². The molecular weight excluding hydrogens is 400 g/mol. The Balaban J connectivity index is 1.32. The molecule has 160 valence electrons. The van der Waals surface area contributed by atoms with Crippen LogP contribution in [0.3, 0.4) is 0 Å². The van der Waals surface area contributed by atoms with E-state index in [1.165, 1.54) is 0 Å². The Morgan fingerprint density at radius 3 is 2.53 bits per heavy atom. The Morgan fingerprint density at radius 2 is 1.72 bits per heavy atom. The maximum atomic E-state index is 12.7. The second-order valence-electron chi connectivity index (χ2n) is 7.94. The molecule has 0 saturated carbocycles. The Morgan fingerprint density at radius 1 is 0.938 bits per heavy atom. The van der Waals surface area contributed by atoms with Gasteiger partial charge in [-0.2, -0.15) is 0 Å². The number of amides is 2. The summed E-state index contributed by atoms with van der Waals surface area (Å²) in [5, 5.41) is 2.97. The number of nitrogens with zero attached hydrogens (tertiary/aromatic N) is 3. The number of aryl methyl sites for hydroxylation is 1. The summed E-state index contributed by atoms with van der Waals surface area (Å²) in [5.74, 6) is 0.902. The summed E-state index contributed by atoms with van der Waals surface area (Å²) in [4.78, 5) is 31.3. The molecule has 2 heterocycles. The highest BCUT2D eigenvalue weighted by molar-refractivity contribution is 5.97. The normalized spacial score (nSPS) is 13.6. The zero-order valence-corrected chi connectivity index (χ0v) is 17.7. The zero-order valence-electron chi connectivity index (χ0n) is 17.7. The van der Waals surface area contributed by atoms with Gasteiger partial charge in [-0.3, -0.25) is 14.2 Å². The molecule has 1 fully saturated rings. The highest BCUT2D eigenvalue weighted by Gasteiger charge is 2.22. The van der Waals surface area contributed by atoms with E-state index >= 15 is 0 Å². The number of benzene rings is 3. The summed E-state index contributed by atoms with van der Waals surface area (Å²) in [6, 6.07) is 25.6. The van der Waals surface area contributed by atoms with E-state index in [2.05, 4.69) is 9.88 Å². The van der Waals surface area contributed by atoms with Gasteiger partial charge in [-0.15, -0.1) is 0 Å². The molecule has 2 amide bonds. The third-order valence-electron chi connectivity index (χ3n) is 5.74. The van der Waals surface area contributed by atoms with Gasteiger partial charge in [-0.05, 0) is 48.9 Å². The highest BCUT2D eigenvalue weighted by Crippen LogP contribution is 2.25. The molecule has 1 N–H and O–H groups in total. The number of carbonyl (C=O) groups is 2. The highest BCUT2D eigenvalue weighted by atomic mass is 16.2. The van der Waals surface area contributed by atoms with Crippen LogP contribution >= 0.6 is 0 Å². The lowest BCUT2D eigenvalue weighted by Gasteiger charge is -2.16. The molecule has 6 heteroatoms. The maximum Gasteiger partial charge on any atom is 0.227 e. The minimum atomic E-state index is -0.0819. The fourth-order valence-corrected chi connectivity index (χ4v) is 4.23. The van der Waals surface area contributed by atoms with Crippen molar-refractivity contribution in [3.63, 3.8) is 0 Å². The molecule has 0 atom stereocenters. The third kappa shape index (κ3) is 3.99. The number of imidazole rings is 1. The van der Waals surface area contributed by atoms with E-state index in [4.69, 9.17) is 4.98 Å². The third-order valence-corrected chi connectivity index (χ3v) is 5.74. The first kappa shape index (κ1) is 20.0. The number of para-hydroxylation sites is 3. The topological polar surface area (TPSA) is 67.2 Å². The lowest BCUT2D eigenvalue weighted by atomic mass is 10.2. The Bertz CT molecular complexity index is 1280. The quantitative estimate of drug-likeness (QED) is 0.487. The Kier molecular flexibility index (Phi) is 5.42. The second-order valence-corrected chi connectivity index (χ2v) is 7.94. The van der Waals surface area contributed by atoms with Crippen LogP contribution in [-0.4, -0.2) is 27.9 Å². The molecule has 1 saturated heterocycles. The van der Waals surface area contributed by atoms with Crippen LogP contribution in [0, 0.1) is 0 Å². The predicted molar refractivity (Wildman–Crippen MR) is 126 cm³/mol. The molecule has 3 aromatic carbocycles. The summed E-state index contributed by atoms with van der Waals surface area (Å²) in [6.07, 6.45) is 2.28. The number of aromatic nitrogens is 2. The lowest BCUT2D eigenvalue weighted by Crippen LogP contribution is -2.23. The van der Waals surface area contributed by atoms with Crippen molar-refractivity contribution >= 4 is 34.2 Å². The molecule has 4 aromatic rings. The van der Waals surface area contributed by atoms with Gasteiger partial charge in [0.05, 0.1) is 11.0 Å². The van der Waals surface area contributed by atoms with Crippen molar-refractivity contribution in [1.29, 1.82) is 0 Å². The summed E-state index contributed by atoms with van der Waals surface area (Å²) in [7, 11) is 0. The van der Waals surface area contributed by atoms with Crippen molar-refractivity contribution < 1.29 is 9.59 Å². The van der Waals surface area contributed by atoms with Gasteiger partial charge < -0.3 is 10.2 Å². The van der Waals surface area contributed by atoms with Crippen molar-refractivity contribution in [1.82, 2.24) is 9.55 Å². The van der Waals surface area contributed by atoms with Crippen LogP contribution in [0.5, 0.6) is 0 Å². The molecule has 5 rings (SSSR count). The van der Waals surface area contributed by atoms with Crippen LogP contribution in [0.15, 0.2) is 78.9 Å². The first-order valence-electron chi connectivity index (χ1n) is 10.9. The molecule has 1 aliphatic heterocycles. The summed E-state index contributed by atoms with van der Waals surface area (Å²) >= 11 is 0. The monoisotopic (exact) mass is 424 g/mol. The van der Waals surface area contributed by atoms with Crippen molar-refractivity contribution in [3.8, 4) is 5.69 Å². The van der Waals surface area contributed by atoms with Gasteiger partial charge in [-0.1, -0.05) is 36.4 Å². The second kappa shape index (κ2) is 8.67. The number of rotatable bonds is 6. The smallest absolute Gasteiger partial charge is 0.227 e. The van der Waals surface area contributed by atoms with Crippen LogP contribution < -0.4 is 10.2 Å². The molecule has 0 radical (unpaired) electrons. The van der Waals surface area contributed by atoms with Crippen LogP contribution in [0.25, 0.3) is 16.7 Å². The van der Waals surface area contributed by atoms with Gasteiger partial charge in [0.15, 0.2) is 0 Å². The fraction of sp³-hybridized carbons (Fsp3) is 0.192. The SMILES string of the molecule is O=C(CCc1nc2ccccc2n1-c1ccccc1)Nc1cccc(N2CCCC2=O)c1. The first-order valence-corrected chi connectivity index (χ1v) is 10.9. The zero-order chi connectivity index (χ0) is 21.9. The molecule has 0 unspecified atom stereocenters. The summed E-state index contributed by atoms with van der Waals surface area (Å²) in [5.41, 5.74) is 4.49. The van der Waals surface area contributed by atoms with Crippen molar-refractivity contribution in [2.24, 2.45) is 0 Å². The van der Waals surface area contributed by atoms with Gasteiger partial charge in [0.1, 0.15) is 5.82 Å². The van der Waals surface area contributed by atoms with Crippen molar-refractivity contribution in [2.45, 2.75) is 25.7 Å². The first-order chi connectivity index (χ1) is 15.7.